The van der Waals surface area contributed by atoms with Crippen LogP contribution < -0.4 is 15.4 Å². The van der Waals surface area contributed by atoms with Crippen molar-refractivity contribution >= 4 is 34.5 Å². The minimum Gasteiger partial charge on any atom is -0.494 e. The van der Waals surface area contributed by atoms with Crippen LogP contribution >= 0.6 is 0 Å². The number of oxazole rings is 1. The van der Waals surface area contributed by atoms with E-state index in [1.807, 2.05) is 55.7 Å². The number of anilines is 3. The second-order valence-electron chi connectivity index (χ2n) is 8.53. The third kappa shape index (κ3) is 4.92. The molecule has 1 amide bonds. The number of rotatable bonds is 8. The number of ether oxygens (including phenoxy) is 1. The van der Waals surface area contributed by atoms with Gasteiger partial charge in [-0.05, 0) is 24.3 Å². The highest BCUT2D eigenvalue weighted by Crippen LogP contribution is 2.38. The van der Waals surface area contributed by atoms with Crippen LogP contribution in [0.2, 0.25) is 0 Å². The fourth-order valence-corrected chi connectivity index (χ4v) is 3.84. The molecule has 0 fully saturated rings. The van der Waals surface area contributed by atoms with Crippen molar-refractivity contribution in [3.8, 4) is 17.2 Å². The molecule has 11 heteroatoms. The van der Waals surface area contributed by atoms with Gasteiger partial charge in [-0.25, -0.2) is 9.97 Å². The Morgan fingerprint density at radius 2 is 1.95 bits per heavy atom. The second kappa shape index (κ2) is 9.97. The molecule has 3 heterocycles. The van der Waals surface area contributed by atoms with Gasteiger partial charge in [-0.1, -0.05) is 18.2 Å². The zero-order valence-corrected chi connectivity index (χ0v) is 20.9. The first-order valence-electron chi connectivity index (χ1n) is 11.5. The van der Waals surface area contributed by atoms with Crippen LogP contribution in [0.1, 0.15) is 15.9 Å². The molecular formula is C26H26N8O3. The lowest BCUT2D eigenvalue weighted by Gasteiger charge is -2.17. The smallest absolute Gasteiger partial charge is 0.258 e. The number of aromatic nitrogens is 5. The summed E-state index contributed by atoms with van der Waals surface area (Å²) in [5.41, 5.74) is 3.96. The zero-order chi connectivity index (χ0) is 25.9. The molecule has 0 aliphatic heterocycles. The quantitative estimate of drug-likeness (QED) is 0.326. The summed E-state index contributed by atoms with van der Waals surface area (Å²) in [6, 6.07) is 13.1. The fraction of sp³-hybridized carbons (Fsp3) is 0.192. The number of carbonyl (C=O) groups is 1. The summed E-state index contributed by atoms with van der Waals surface area (Å²) in [4.78, 5) is 27.9. The molecule has 0 atom stereocenters. The molecule has 0 saturated carbocycles. The van der Waals surface area contributed by atoms with Gasteiger partial charge < -0.3 is 24.7 Å². The molecule has 2 aromatic carbocycles. The van der Waals surface area contributed by atoms with Crippen LogP contribution in [-0.2, 0) is 13.6 Å². The largest absolute Gasteiger partial charge is 0.494 e. The Balaban J connectivity index is 1.51. The molecule has 0 bridgehead atoms. The molecule has 3 aromatic heterocycles. The van der Waals surface area contributed by atoms with Crippen LogP contribution in [0.25, 0.3) is 22.6 Å². The van der Waals surface area contributed by atoms with Gasteiger partial charge in [-0.3, -0.25) is 9.48 Å². The van der Waals surface area contributed by atoms with Gasteiger partial charge in [0.1, 0.15) is 16.9 Å². The number of methoxy groups -OCH3 is 1. The molecule has 0 aliphatic rings. The monoisotopic (exact) mass is 498 g/mol. The van der Waals surface area contributed by atoms with E-state index in [1.165, 1.54) is 11.1 Å². The lowest BCUT2D eigenvalue weighted by molar-refractivity contribution is 0.0828. The predicted molar refractivity (Wildman–Crippen MR) is 140 cm³/mol. The highest BCUT2D eigenvalue weighted by Gasteiger charge is 2.21. The fourth-order valence-electron chi connectivity index (χ4n) is 3.84. The topological polar surface area (TPSA) is 123 Å². The van der Waals surface area contributed by atoms with Crippen molar-refractivity contribution in [2.45, 2.75) is 6.54 Å². The zero-order valence-electron chi connectivity index (χ0n) is 20.9. The normalized spacial score (nSPS) is 10.9. The molecule has 0 radical (unpaired) electrons. The standard InChI is InChI=1S/C26H26N8O3/c1-33(2)25(35)18-14-28-26(27-12-16-13-29-34(3)15-16)32-23(18)30-20-10-7-8-17(22(20)36-4)24-31-19-9-5-6-11-21(19)37-24/h5-11,13-15H,12H2,1-4H3,(H2,27,28,30,32). The lowest BCUT2D eigenvalue weighted by atomic mass is 10.1. The van der Waals surface area contributed by atoms with Crippen molar-refractivity contribution in [1.82, 2.24) is 29.6 Å². The van der Waals surface area contributed by atoms with Crippen molar-refractivity contribution < 1.29 is 13.9 Å². The molecular weight excluding hydrogens is 472 g/mol. The molecule has 0 saturated heterocycles. The minimum absolute atomic E-state index is 0.240. The summed E-state index contributed by atoms with van der Waals surface area (Å²) in [6.45, 7) is 0.477. The Kier molecular flexibility index (Phi) is 6.42. The summed E-state index contributed by atoms with van der Waals surface area (Å²) in [5.74, 6) is 1.37. The van der Waals surface area contributed by atoms with Gasteiger partial charge in [-0.15, -0.1) is 0 Å². The first-order valence-corrected chi connectivity index (χ1v) is 11.5. The number of nitrogens with zero attached hydrogens (tertiary/aromatic N) is 6. The summed E-state index contributed by atoms with van der Waals surface area (Å²) < 4.78 is 13.4. The van der Waals surface area contributed by atoms with Gasteiger partial charge in [0, 0.05) is 45.6 Å². The molecule has 5 rings (SSSR count). The Hall–Kier alpha value is -4.93. The number of hydrogen-bond donors (Lipinski definition) is 2. The number of fused-ring (bicyclic) bond motifs is 1. The molecule has 0 spiro atoms. The maximum atomic E-state index is 12.9. The van der Waals surface area contributed by atoms with Crippen LogP contribution in [0.15, 0.2) is 65.5 Å². The van der Waals surface area contributed by atoms with Crippen molar-refractivity contribution in [1.29, 1.82) is 0 Å². The molecule has 11 nitrogen and oxygen atoms in total. The summed E-state index contributed by atoms with van der Waals surface area (Å²) in [7, 11) is 6.77. The van der Waals surface area contributed by atoms with Crippen molar-refractivity contribution in [2.24, 2.45) is 7.05 Å². The molecule has 188 valence electrons. The van der Waals surface area contributed by atoms with Crippen LogP contribution in [0, 0.1) is 0 Å². The first-order chi connectivity index (χ1) is 17.9. The molecule has 5 aromatic rings. The van der Waals surface area contributed by atoms with Gasteiger partial charge in [0.05, 0.1) is 24.6 Å². The number of carbonyl (C=O) groups excluding carboxylic acids is 1. The van der Waals surface area contributed by atoms with E-state index < -0.39 is 0 Å². The average molecular weight is 499 g/mol. The van der Waals surface area contributed by atoms with Gasteiger partial charge >= 0.3 is 0 Å². The van der Waals surface area contributed by atoms with Crippen LogP contribution in [-0.4, -0.2) is 56.7 Å². The van der Waals surface area contributed by atoms with Crippen molar-refractivity contribution in [2.75, 3.05) is 31.8 Å². The Morgan fingerprint density at radius 1 is 1.11 bits per heavy atom. The lowest BCUT2D eigenvalue weighted by Crippen LogP contribution is -2.23. The third-order valence-corrected chi connectivity index (χ3v) is 5.63. The van der Waals surface area contributed by atoms with Crippen molar-refractivity contribution in [3.63, 3.8) is 0 Å². The maximum absolute atomic E-state index is 12.9. The van der Waals surface area contributed by atoms with Crippen LogP contribution in [0.3, 0.4) is 0 Å². The van der Waals surface area contributed by atoms with E-state index in [9.17, 15) is 4.79 Å². The number of benzene rings is 2. The van der Waals surface area contributed by atoms with Gasteiger partial charge in [0.15, 0.2) is 11.3 Å². The van der Waals surface area contributed by atoms with Crippen molar-refractivity contribution in [3.05, 3.63) is 72.2 Å². The average Bonchev–Trinajstić information content (AvgIpc) is 3.53. The highest BCUT2D eigenvalue weighted by molar-refractivity contribution is 5.99. The predicted octanol–water partition coefficient (Wildman–Crippen LogP) is 4.08. The number of para-hydroxylation sites is 3. The van der Waals surface area contributed by atoms with E-state index in [0.29, 0.717) is 52.3 Å². The Labute approximate surface area is 213 Å². The summed E-state index contributed by atoms with van der Waals surface area (Å²) in [5, 5.41) is 10.6. The Morgan fingerprint density at radius 3 is 2.68 bits per heavy atom. The van der Waals surface area contributed by atoms with E-state index in [4.69, 9.17) is 9.15 Å². The summed E-state index contributed by atoms with van der Waals surface area (Å²) >= 11 is 0. The second-order valence-corrected chi connectivity index (χ2v) is 8.53. The molecule has 2 N–H and O–H groups in total. The SMILES string of the molecule is COc1c(Nc2nc(NCc3cnn(C)c3)ncc2C(=O)N(C)C)cccc1-c1nc2ccccc2o1. The van der Waals surface area contributed by atoms with E-state index >= 15 is 0 Å². The number of nitrogens with one attached hydrogen (secondary N) is 2. The number of hydrogen-bond acceptors (Lipinski definition) is 9. The van der Waals surface area contributed by atoms with E-state index in [-0.39, 0.29) is 5.91 Å². The first kappa shape index (κ1) is 23.8. The Bertz CT molecular complexity index is 1540. The number of amides is 1. The molecule has 37 heavy (non-hydrogen) atoms. The van der Waals surface area contributed by atoms with E-state index in [2.05, 4.69) is 30.7 Å². The van der Waals surface area contributed by atoms with E-state index in [1.54, 1.807) is 32.1 Å². The van der Waals surface area contributed by atoms with Crippen LogP contribution in [0.4, 0.5) is 17.5 Å². The molecule has 0 unspecified atom stereocenters. The van der Waals surface area contributed by atoms with Crippen LogP contribution in [0.5, 0.6) is 5.75 Å². The third-order valence-electron chi connectivity index (χ3n) is 5.63. The van der Waals surface area contributed by atoms with E-state index in [0.717, 1.165) is 11.1 Å². The highest BCUT2D eigenvalue weighted by atomic mass is 16.5. The van der Waals surface area contributed by atoms with Gasteiger partial charge in [0.25, 0.3) is 5.91 Å². The van der Waals surface area contributed by atoms with Gasteiger partial charge in [-0.2, -0.15) is 10.1 Å². The minimum atomic E-state index is -0.240. The number of aryl methyl sites for hydroxylation is 1. The van der Waals surface area contributed by atoms with Gasteiger partial charge in [0.2, 0.25) is 11.8 Å². The molecule has 0 aliphatic carbocycles. The summed E-state index contributed by atoms with van der Waals surface area (Å²) in [6.07, 6.45) is 5.16. The maximum Gasteiger partial charge on any atom is 0.258 e.